The highest BCUT2D eigenvalue weighted by Gasteiger charge is 2.15. The predicted molar refractivity (Wildman–Crippen MR) is 90.7 cm³/mol. The van der Waals surface area contributed by atoms with Gasteiger partial charge in [-0.05, 0) is 37.7 Å². The molecule has 0 radical (unpaired) electrons. The predicted octanol–water partition coefficient (Wildman–Crippen LogP) is 4.37. The summed E-state index contributed by atoms with van der Waals surface area (Å²) in [6.45, 7) is 2.05. The maximum atomic E-state index is 12.5. The smallest absolute Gasteiger partial charge is 0.0604 e. The molecule has 112 valence electrons. The van der Waals surface area contributed by atoms with Gasteiger partial charge in [-0.3, -0.25) is 4.21 Å². The Hall–Kier alpha value is -0.870. The molecule has 2 rings (SSSR count). The van der Waals surface area contributed by atoms with E-state index >= 15 is 0 Å². The Kier molecular flexibility index (Phi) is 5.82. The van der Waals surface area contributed by atoms with Crippen molar-refractivity contribution >= 4 is 34.0 Å². The van der Waals surface area contributed by atoms with Gasteiger partial charge in [-0.25, -0.2) is 0 Å². The zero-order valence-electron chi connectivity index (χ0n) is 11.9. The van der Waals surface area contributed by atoms with Crippen molar-refractivity contribution in [1.29, 1.82) is 0 Å². The molecule has 2 nitrogen and oxygen atoms in total. The van der Waals surface area contributed by atoms with Crippen LogP contribution in [0.25, 0.3) is 0 Å². The number of hydrogen-bond donors (Lipinski definition) is 1. The molecule has 0 saturated carbocycles. The molecule has 0 fully saturated rings. The number of nitrogens with one attached hydrogen (secondary N) is 1. The molecule has 0 aliphatic carbocycles. The van der Waals surface area contributed by atoms with Crippen LogP contribution in [0.1, 0.15) is 17.2 Å². The summed E-state index contributed by atoms with van der Waals surface area (Å²) in [7, 11) is 0.728. The van der Waals surface area contributed by atoms with Crippen molar-refractivity contribution in [2.75, 3.05) is 12.8 Å². The molecule has 0 bridgehead atoms. The number of halogens is 2. The van der Waals surface area contributed by atoms with Crippen LogP contribution in [0.4, 0.5) is 0 Å². The summed E-state index contributed by atoms with van der Waals surface area (Å²) in [5, 5.41) is 4.12. The van der Waals surface area contributed by atoms with Crippen LogP contribution < -0.4 is 5.32 Å². The van der Waals surface area contributed by atoms with E-state index in [1.807, 2.05) is 14.0 Å². The minimum Gasteiger partial charge on any atom is -0.312 e. The van der Waals surface area contributed by atoms with E-state index in [9.17, 15) is 4.21 Å². The van der Waals surface area contributed by atoms with Crippen LogP contribution in [0.3, 0.4) is 0 Å². The number of aryl methyl sites for hydroxylation is 1. The van der Waals surface area contributed by atoms with Gasteiger partial charge >= 0.3 is 0 Å². The molecule has 21 heavy (non-hydrogen) atoms. The molecular weight excluding hydrogens is 325 g/mol. The van der Waals surface area contributed by atoms with Crippen molar-refractivity contribution in [2.24, 2.45) is 0 Å². The van der Waals surface area contributed by atoms with E-state index in [0.717, 1.165) is 5.56 Å². The number of rotatable bonds is 5. The molecule has 2 aromatic carbocycles. The minimum atomic E-state index is -1.14. The maximum absolute atomic E-state index is 12.5. The summed E-state index contributed by atoms with van der Waals surface area (Å²) >= 11 is 11.9. The van der Waals surface area contributed by atoms with Crippen LogP contribution in [0.15, 0.2) is 47.4 Å². The zero-order chi connectivity index (χ0) is 15.4. The Labute approximate surface area is 137 Å². The summed E-state index contributed by atoms with van der Waals surface area (Å²) in [4.78, 5) is 0.691. The van der Waals surface area contributed by atoms with Gasteiger partial charge in [0.15, 0.2) is 0 Å². The molecule has 2 atom stereocenters. The van der Waals surface area contributed by atoms with Gasteiger partial charge in [0.25, 0.3) is 0 Å². The van der Waals surface area contributed by atoms with Crippen LogP contribution in [0.2, 0.25) is 10.0 Å². The summed E-state index contributed by atoms with van der Waals surface area (Å²) in [5.74, 6) is 0.484. The van der Waals surface area contributed by atoms with Crippen molar-refractivity contribution in [3.8, 4) is 0 Å². The van der Waals surface area contributed by atoms with Crippen LogP contribution in [0, 0.1) is 6.92 Å². The molecule has 0 aliphatic rings. The topological polar surface area (TPSA) is 29.1 Å². The fraction of sp³-hybridized carbons (Fsp3) is 0.250. The summed E-state index contributed by atoms with van der Waals surface area (Å²) in [5.41, 5.74) is 2.33. The molecule has 0 aromatic heterocycles. The van der Waals surface area contributed by atoms with E-state index < -0.39 is 10.8 Å². The monoisotopic (exact) mass is 341 g/mol. The average Bonchev–Trinajstić information content (AvgIpc) is 2.48. The molecule has 5 heteroatoms. The Bertz CT molecular complexity index is 643. The highest BCUT2D eigenvalue weighted by atomic mass is 35.5. The molecule has 1 N–H and O–H groups in total. The quantitative estimate of drug-likeness (QED) is 0.874. The molecule has 0 saturated heterocycles. The second kappa shape index (κ2) is 7.41. The second-order valence-electron chi connectivity index (χ2n) is 4.84. The molecule has 2 aromatic rings. The van der Waals surface area contributed by atoms with E-state index in [4.69, 9.17) is 23.2 Å². The molecule has 0 aliphatic heterocycles. The molecular formula is C16H17Cl2NOS. The largest absolute Gasteiger partial charge is 0.312 e. The Morgan fingerprint density at radius 2 is 1.76 bits per heavy atom. The van der Waals surface area contributed by atoms with Gasteiger partial charge in [-0.15, -0.1) is 0 Å². The standard InChI is InChI=1S/C16H17Cl2NOS/c1-11-3-5-12(6-4-11)16(19-2)10-21(20)13-7-8-14(17)15(18)9-13/h3-9,16,19H,10H2,1-2H3. The fourth-order valence-electron chi connectivity index (χ4n) is 2.01. The molecule has 0 amide bonds. The van der Waals surface area contributed by atoms with Crippen LogP contribution in [-0.2, 0) is 10.8 Å². The lowest BCUT2D eigenvalue weighted by molar-refractivity contribution is 0.635. The lowest BCUT2D eigenvalue weighted by Gasteiger charge is -2.16. The van der Waals surface area contributed by atoms with Crippen LogP contribution in [0.5, 0.6) is 0 Å². The van der Waals surface area contributed by atoms with Gasteiger partial charge in [-0.1, -0.05) is 53.0 Å². The van der Waals surface area contributed by atoms with Gasteiger partial charge in [0.05, 0.1) is 20.8 Å². The Morgan fingerprint density at radius 3 is 2.33 bits per heavy atom. The van der Waals surface area contributed by atoms with Crippen molar-refractivity contribution in [1.82, 2.24) is 5.32 Å². The SMILES string of the molecule is CNC(CS(=O)c1ccc(Cl)c(Cl)c1)c1ccc(C)cc1. The third-order valence-electron chi connectivity index (χ3n) is 3.30. The summed E-state index contributed by atoms with van der Waals surface area (Å²) in [6.07, 6.45) is 0. The van der Waals surface area contributed by atoms with Crippen LogP contribution >= 0.6 is 23.2 Å². The van der Waals surface area contributed by atoms with Gasteiger partial charge in [0, 0.05) is 16.7 Å². The first kappa shape index (κ1) is 16.5. The fourth-order valence-corrected chi connectivity index (χ4v) is 3.70. The summed E-state index contributed by atoms with van der Waals surface area (Å²) in [6, 6.07) is 13.4. The number of hydrogen-bond acceptors (Lipinski definition) is 2. The first-order chi connectivity index (χ1) is 10.0. The van der Waals surface area contributed by atoms with Gasteiger partial charge in [0.1, 0.15) is 0 Å². The normalized spacial score (nSPS) is 13.9. The highest BCUT2D eigenvalue weighted by Crippen LogP contribution is 2.25. The Morgan fingerprint density at radius 1 is 1.10 bits per heavy atom. The van der Waals surface area contributed by atoms with Gasteiger partial charge in [-0.2, -0.15) is 0 Å². The Balaban J connectivity index is 2.15. The number of benzene rings is 2. The van der Waals surface area contributed by atoms with Crippen molar-refractivity contribution in [2.45, 2.75) is 17.9 Å². The van der Waals surface area contributed by atoms with Crippen molar-refractivity contribution in [3.05, 3.63) is 63.6 Å². The second-order valence-corrected chi connectivity index (χ2v) is 7.15. The zero-order valence-corrected chi connectivity index (χ0v) is 14.2. The van der Waals surface area contributed by atoms with E-state index in [-0.39, 0.29) is 6.04 Å². The van der Waals surface area contributed by atoms with E-state index in [2.05, 4.69) is 29.6 Å². The van der Waals surface area contributed by atoms with Gasteiger partial charge in [0.2, 0.25) is 0 Å². The highest BCUT2D eigenvalue weighted by molar-refractivity contribution is 7.85. The van der Waals surface area contributed by atoms with Gasteiger partial charge < -0.3 is 5.32 Å². The lowest BCUT2D eigenvalue weighted by Crippen LogP contribution is -2.22. The van der Waals surface area contributed by atoms with Crippen molar-refractivity contribution < 1.29 is 4.21 Å². The van der Waals surface area contributed by atoms with Crippen LogP contribution in [-0.4, -0.2) is 17.0 Å². The summed E-state index contributed by atoms with van der Waals surface area (Å²) < 4.78 is 12.5. The molecule has 2 unspecified atom stereocenters. The van der Waals surface area contributed by atoms with E-state index in [1.165, 1.54) is 5.56 Å². The molecule has 0 heterocycles. The van der Waals surface area contributed by atoms with Crippen molar-refractivity contribution in [3.63, 3.8) is 0 Å². The average molecular weight is 342 g/mol. The minimum absolute atomic E-state index is 0.0286. The van der Waals surface area contributed by atoms with E-state index in [0.29, 0.717) is 20.7 Å². The first-order valence-corrected chi connectivity index (χ1v) is 8.66. The third kappa shape index (κ3) is 4.30. The molecule has 0 spiro atoms. The lowest BCUT2D eigenvalue weighted by atomic mass is 10.1. The van der Waals surface area contributed by atoms with E-state index in [1.54, 1.807) is 18.2 Å². The third-order valence-corrected chi connectivity index (χ3v) is 5.46. The maximum Gasteiger partial charge on any atom is 0.0604 e. The first-order valence-electron chi connectivity index (χ1n) is 6.58.